The molecule has 1 atom stereocenters. The molecule has 3 nitrogen and oxygen atoms in total. The Morgan fingerprint density at radius 3 is 3.06 bits per heavy atom. The van der Waals surface area contributed by atoms with Crippen LogP contribution >= 0.6 is 0 Å². The standard InChI is InChI=1S/C12H13FN2O/c1-9(10-5-11(13)7-14-6-10)15-8-12-3-2-4-16-12/h2-7,9,15H,8H2,1H3. The summed E-state index contributed by atoms with van der Waals surface area (Å²) in [4.78, 5) is 3.81. The van der Waals surface area contributed by atoms with E-state index in [1.54, 1.807) is 12.5 Å². The van der Waals surface area contributed by atoms with Crippen LogP contribution in [0.4, 0.5) is 4.39 Å². The van der Waals surface area contributed by atoms with E-state index in [1.165, 1.54) is 12.3 Å². The van der Waals surface area contributed by atoms with E-state index in [9.17, 15) is 4.39 Å². The van der Waals surface area contributed by atoms with Crippen LogP contribution in [0.1, 0.15) is 24.3 Å². The molecule has 0 bridgehead atoms. The predicted molar refractivity (Wildman–Crippen MR) is 58.2 cm³/mol. The summed E-state index contributed by atoms with van der Waals surface area (Å²) < 4.78 is 18.1. The number of nitrogens with one attached hydrogen (secondary N) is 1. The number of rotatable bonds is 4. The van der Waals surface area contributed by atoms with E-state index in [0.29, 0.717) is 6.54 Å². The molecule has 84 valence electrons. The van der Waals surface area contributed by atoms with E-state index in [1.807, 2.05) is 19.1 Å². The quantitative estimate of drug-likeness (QED) is 0.860. The van der Waals surface area contributed by atoms with E-state index in [4.69, 9.17) is 4.42 Å². The lowest BCUT2D eigenvalue weighted by atomic mass is 10.1. The summed E-state index contributed by atoms with van der Waals surface area (Å²) in [6, 6.07) is 5.25. The van der Waals surface area contributed by atoms with E-state index in [-0.39, 0.29) is 11.9 Å². The van der Waals surface area contributed by atoms with Gasteiger partial charge in [-0.25, -0.2) is 4.39 Å². The SMILES string of the molecule is CC(NCc1ccco1)c1cncc(F)c1. The first kappa shape index (κ1) is 10.8. The van der Waals surface area contributed by atoms with Crippen LogP contribution < -0.4 is 5.32 Å². The topological polar surface area (TPSA) is 38.1 Å². The molecule has 2 aromatic rings. The van der Waals surface area contributed by atoms with E-state index < -0.39 is 0 Å². The van der Waals surface area contributed by atoms with Crippen molar-refractivity contribution in [2.75, 3.05) is 0 Å². The average molecular weight is 220 g/mol. The van der Waals surface area contributed by atoms with Crippen LogP contribution in [0.15, 0.2) is 41.3 Å². The Labute approximate surface area is 93.3 Å². The highest BCUT2D eigenvalue weighted by atomic mass is 19.1. The molecule has 4 heteroatoms. The van der Waals surface area contributed by atoms with Crippen LogP contribution in [0.3, 0.4) is 0 Å². The Morgan fingerprint density at radius 2 is 2.38 bits per heavy atom. The molecule has 0 aliphatic heterocycles. The van der Waals surface area contributed by atoms with Crippen LogP contribution in [-0.2, 0) is 6.54 Å². The maximum absolute atomic E-state index is 12.9. The van der Waals surface area contributed by atoms with Gasteiger partial charge >= 0.3 is 0 Å². The van der Waals surface area contributed by atoms with Crippen molar-refractivity contribution < 1.29 is 8.81 Å². The molecule has 0 aliphatic rings. The normalized spacial score (nSPS) is 12.6. The number of hydrogen-bond donors (Lipinski definition) is 1. The van der Waals surface area contributed by atoms with Gasteiger partial charge < -0.3 is 9.73 Å². The number of aromatic nitrogens is 1. The first-order valence-corrected chi connectivity index (χ1v) is 5.12. The lowest BCUT2D eigenvalue weighted by Crippen LogP contribution is -2.18. The predicted octanol–water partition coefficient (Wildman–Crippen LogP) is 2.66. The zero-order valence-corrected chi connectivity index (χ0v) is 8.98. The van der Waals surface area contributed by atoms with Crippen molar-refractivity contribution in [3.05, 3.63) is 54.0 Å². The Morgan fingerprint density at radius 1 is 1.50 bits per heavy atom. The van der Waals surface area contributed by atoms with Gasteiger partial charge in [-0.1, -0.05) is 0 Å². The van der Waals surface area contributed by atoms with Gasteiger partial charge in [0.2, 0.25) is 0 Å². The zero-order chi connectivity index (χ0) is 11.4. The first-order valence-electron chi connectivity index (χ1n) is 5.12. The van der Waals surface area contributed by atoms with Crippen molar-refractivity contribution in [1.29, 1.82) is 0 Å². The highest BCUT2D eigenvalue weighted by Gasteiger charge is 2.06. The van der Waals surface area contributed by atoms with Gasteiger partial charge in [-0.05, 0) is 30.7 Å². The van der Waals surface area contributed by atoms with Crippen LogP contribution in [0.2, 0.25) is 0 Å². The molecule has 1 N–H and O–H groups in total. The van der Waals surface area contributed by atoms with Crippen molar-refractivity contribution in [1.82, 2.24) is 10.3 Å². The van der Waals surface area contributed by atoms with Crippen LogP contribution in [0.5, 0.6) is 0 Å². The molecular formula is C12H13FN2O. The third-order valence-corrected chi connectivity index (χ3v) is 2.39. The molecule has 0 saturated heterocycles. The summed E-state index contributed by atoms with van der Waals surface area (Å²) >= 11 is 0. The monoisotopic (exact) mass is 220 g/mol. The van der Waals surface area contributed by atoms with Gasteiger partial charge in [-0.15, -0.1) is 0 Å². The van der Waals surface area contributed by atoms with Gasteiger partial charge in [0.15, 0.2) is 0 Å². The lowest BCUT2D eigenvalue weighted by Gasteiger charge is -2.12. The average Bonchev–Trinajstić information content (AvgIpc) is 2.78. The zero-order valence-electron chi connectivity index (χ0n) is 8.98. The summed E-state index contributed by atoms with van der Waals surface area (Å²) in [6.07, 6.45) is 4.48. The third kappa shape index (κ3) is 2.67. The van der Waals surface area contributed by atoms with Crippen LogP contribution in [0.25, 0.3) is 0 Å². The molecule has 1 unspecified atom stereocenters. The number of halogens is 1. The van der Waals surface area contributed by atoms with Gasteiger partial charge in [-0.3, -0.25) is 4.98 Å². The van der Waals surface area contributed by atoms with Crippen molar-refractivity contribution in [2.24, 2.45) is 0 Å². The van der Waals surface area contributed by atoms with Gasteiger partial charge in [0.05, 0.1) is 19.0 Å². The molecule has 2 rings (SSSR count). The molecule has 2 aromatic heterocycles. The minimum Gasteiger partial charge on any atom is -0.468 e. The molecular weight excluding hydrogens is 207 g/mol. The molecule has 0 aromatic carbocycles. The summed E-state index contributed by atoms with van der Waals surface area (Å²) in [5, 5.41) is 3.23. The minimum atomic E-state index is -0.316. The Balaban J connectivity index is 1.95. The molecule has 0 saturated carbocycles. The molecule has 0 fully saturated rings. The van der Waals surface area contributed by atoms with E-state index in [2.05, 4.69) is 10.3 Å². The molecule has 0 spiro atoms. The number of furan rings is 1. The number of hydrogen-bond acceptors (Lipinski definition) is 3. The van der Waals surface area contributed by atoms with E-state index >= 15 is 0 Å². The summed E-state index contributed by atoms with van der Waals surface area (Å²) in [6.45, 7) is 2.57. The fraction of sp³-hybridized carbons (Fsp3) is 0.250. The minimum absolute atomic E-state index is 0.0355. The third-order valence-electron chi connectivity index (χ3n) is 2.39. The summed E-state index contributed by atoms with van der Waals surface area (Å²) in [5.41, 5.74) is 0.826. The molecule has 0 aliphatic carbocycles. The highest BCUT2D eigenvalue weighted by molar-refractivity contribution is 5.14. The second kappa shape index (κ2) is 4.90. The highest BCUT2D eigenvalue weighted by Crippen LogP contribution is 2.12. The number of nitrogens with zero attached hydrogens (tertiary/aromatic N) is 1. The Kier molecular flexibility index (Phi) is 3.31. The van der Waals surface area contributed by atoms with Crippen molar-refractivity contribution >= 4 is 0 Å². The lowest BCUT2D eigenvalue weighted by molar-refractivity contribution is 0.459. The maximum atomic E-state index is 12.9. The Bertz CT molecular complexity index is 442. The van der Waals surface area contributed by atoms with Gasteiger partial charge in [0, 0.05) is 12.2 Å². The van der Waals surface area contributed by atoms with E-state index in [0.717, 1.165) is 11.3 Å². The fourth-order valence-electron chi connectivity index (χ4n) is 1.45. The molecule has 2 heterocycles. The summed E-state index contributed by atoms with van der Waals surface area (Å²) in [5.74, 6) is 0.542. The van der Waals surface area contributed by atoms with Gasteiger partial charge in [0.1, 0.15) is 11.6 Å². The first-order chi connectivity index (χ1) is 7.75. The second-order valence-electron chi connectivity index (χ2n) is 3.62. The Hall–Kier alpha value is -1.68. The van der Waals surface area contributed by atoms with Crippen molar-refractivity contribution in [3.63, 3.8) is 0 Å². The molecule has 0 radical (unpaired) electrons. The maximum Gasteiger partial charge on any atom is 0.141 e. The second-order valence-corrected chi connectivity index (χ2v) is 3.62. The van der Waals surface area contributed by atoms with Crippen LogP contribution in [0, 0.1) is 5.82 Å². The fourth-order valence-corrected chi connectivity index (χ4v) is 1.45. The van der Waals surface area contributed by atoms with Gasteiger partial charge in [0.25, 0.3) is 0 Å². The number of pyridine rings is 1. The van der Waals surface area contributed by atoms with Crippen molar-refractivity contribution in [3.8, 4) is 0 Å². The van der Waals surface area contributed by atoms with Crippen molar-refractivity contribution in [2.45, 2.75) is 19.5 Å². The summed E-state index contributed by atoms with van der Waals surface area (Å²) in [7, 11) is 0. The largest absolute Gasteiger partial charge is 0.468 e. The molecule has 0 amide bonds. The van der Waals surface area contributed by atoms with Gasteiger partial charge in [-0.2, -0.15) is 0 Å². The smallest absolute Gasteiger partial charge is 0.141 e. The molecule has 16 heavy (non-hydrogen) atoms. The van der Waals surface area contributed by atoms with Crippen LogP contribution in [-0.4, -0.2) is 4.98 Å².